The van der Waals surface area contributed by atoms with Gasteiger partial charge >= 0.3 is 0 Å². The molecule has 0 aromatic carbocycles. The van der Waals surface area contributed by atoms with E-state index < -0.39 is 0 Å². The number of aryl methyl sites for hydroxylation is 2. The van der Waals surface area contributed by atoms with Crippen molar-refractivity contribution in [2.45, 2.75) is 46.6 Å². The van der Waals surface area contributed by atoms with Crippen molar-refractivity contribution in [2.24, 2.45) is 5.41 Å². The Hall–Kier alpha value is -0.940. The molecule has 1 saturated carbocycles. The predicted molar refractivity (Wildman–Crippen MR) is 82.7 cm³/mol. The van der Waals surface area contributed by atoms with E-state index >= 15 is 0 Å². The average Bonchev–Trinajstić information content (AvgIpc) is 3.08. The highest BCUT2D eigenvalue weighted by Gasteiger charge is 2.41. The van der Waals surface area contributed by atoms with Gasteiger partial charge in [-0.3, -0.25) is 9.36 Å². The zero-order valence-corrected chi connectivity index (χ0v) is 13.1. The number of H-pyrrole nitrogens is 1. The summed E-state index contributed by atoms with van der Waals surface area (Å²) in [6, 6.07) is 0. The molecule has 0 bridgehead atoms. The van der Waals surface area contributed by atoms with Crippen molar-refractivity contribution in [3.8, 4) is 0 Å². The molecule has 102 valence electrons. The van der Waals surface area contributed by atoms with Gasteiger partial charge in [0.1, 0.15) is 4.83 Å². The minimum absolute atomic E-state index is 0.0836. The number of aromatic amines is 1. The summed E-state index contributed by atoms with van der Waals surface area (Å²) in [6.07, 6.45) is 3.54. The molecule has 19 heavy (non-hydrogen) atoms. The van der Waals surface area contributed by atoms with Crippen LogP contribution in [0.3, 0.4) is 0 Å². The van der Waals surface area contributed by atoms with Gasteiger partial charge in [-0.1, -0.05) is 6.92 Å². The Bertz CT molecular complexity index is 762. The van der Waals surface area contributed by atoms with Gasteiger partial charge in [0.05, 0.1) is 5.39 Å². The number of aromatic nitrogens is 2. The van der Waals surface area contributed by atoms with E-state index in [2.05, 4.69) is 18.8 Å². The van der Waals surface area contributed by atoms with E-state index in [-0.39, 0.29) is 5.56 Å². The number of rotatable bonds is 3. The standard InChI is InChI=1S/C14H18N2OS2/c1-4-14(5-6-14)7-16-12(17)10-8(2)9(3)19-11(10)15-13(16)18/h4-7H2,1-3H3,(H,15,18). The smallest absolute Gasteiger partial charge is 0.263 e. The maximum Gasteiger partial charge on any atom is 0.263 e. The zero-order chi connectivity index (χ0) is 13.8. The summed E-state index contributed by atoms with van der Waals surface area (Å²) in [6.45, 7) is 7.03. The molecular weight excluding hydrogens is 276 g/mol. The van der Waals surface area contributed by atoms with Gasteiger partial charge in [0, 0.05) is 11.4 Å². The molecular formula is C14H18N2OS2. The van der Waals surface area contributed by atoms with Crippen LogP contribution in [-0.2, 0) is 6.54 Å². The van der Waals surface area contributed by atoms with Crippen molar-refractivity contribution in [3.05, 3.63) is 25.6 Å². The summed E-state index contributed by atoms with van der Waals surface area (Å²) in [5, 5.41) is 0.822. The van der Waals surface area contributed by atoms with Gasteiger partial charge in [-0.05, 0) is 56.3 Å². The highest BCUT2D eigenvalue weighted by atomic mass is 32.1. The molecule has 1 N–H and O–H groups in total. The van der Waals surface area contributed by atoms with Crippen molar-refractivity contribution in [1.29, 1.82) is 0 Å². The molecule has 0 saturated heterocycles. The van der Waals surface area contributed by atoms with Crippen LogP contribution in [0.15, 0.2) is 4.79 Å². The van der Waals surface area contributed by atoms with Crippen LogP contribution in [0.4, 0.5) is 0 Å². The van der Waals surface area contributed by atoms with Crippen LogP contribution in [0.2, 0.25) is 0 Å². The Balaban J connectivity index is 2.22. The first-order chi connectivity index (χ1) is 8.97. The van der Waals surface area contributed by atoms with Crippen molar-refractivity contribution < 1.29 is 0 Å². The van der Waals surface area contributed by atoms with Gasteiger partial charge in [-0.2, -0.15) is 0 Å². The third kappa shape index (κ3) is 1.99. The fourth-order valence-corrected chi connectivity index (χ4v) is 4.01. The van der Waals surface area contributed by atoms with Gasteiger partial charge < -0.3 is 4.98 Å². The fourth-order valence-electron chi connectivity index (χ4n) is 2.64. The lowest BCUT2D eigenvalue weighted by molar-refractivity contribution is 0.398. The molecule has 0 radical (unpaired) electrons. The highest BCUT2D eigenvalue weighted by Crippen LogP contribution is 2.49. The van der Waals surface area contributed by atoms with Gasteiger partial charge in [-0.15, -0.1) is 11.3 Å². The van der Waals surface area contributed by atoms with Crippen LogP contribution in [-0.4, -0.2) is 9.55 Å². The minimum atomic E-state index is 0.0836. The van der Waals surface area contributed by atoms with E-state index in [0.29, 0.717) is 10.2 Å². The third-order valence-electron chi connectivity index (χ3n) is 4.51. The molecule has 1 fully saturated rings. The second-order valence-corrected chi connectivity index (χ2v) is 7.27. The van der Waals surface area contributed by atoms with E-state index in [1.54, 1.807) is 15.9 Å². The maximum atomic E-state index is 12.7. The molecule has 0 amide bonds. The molecule has 1 aliphatic rings. The highest BCUT2D eigenvalue weighted by molar-refractivity contribution is 7.71. The predicted octanol–water partition coefficient (Wildman–Crippen LogP) is 3.93. The number of nitrogens with one attached hydrogen (secondary N) is 1. The summed E-state index contributed by atoms with van der Waals surface area (Å²) in [5.41, 5.74) is 1.49. The SMILES string of the molecule is CCC1(Cn2c(=S)[nH]c3sc(C)c(C)c3c2=O)CC1. The lowest BCUT2D eigenvalue weighted by Crippen LogP contribution is -2.26. The lowest BCUT2D eigenvalue weighted by atomic mass is 10.0. The number of thiophene rings is 1. The number of hydrogen-bond donors (Lipinski definition) is 1. The Kier molecular flexibility index (Phi) is 2.94. The van der Waals surface area contributed by atoms with Crippen LogP contribution in [0.25, 0.3) is 10.2 Å². The van der Waals surface area contributed by atoms with Crippen molar-refractivity contribution in [3.63, 3.8) is 0 Å². The van der Waals surface area contributed by atoms with Crippen molar-refractivity contribution in [2.75, 3.05) is 0 Å². The topological polar surface area (TPSA) is 37.8 Å². The molecule has 0 aliphatic heterocycles. The molecule has 3 rings (SSSR count). The molecule has 0 unspecified atom stereocenters. The molecule has 3 nitrogen and oxygen atoms in total. The van der Waals surface area contributed by atoms with Gasteiger partial charge in [-0.25, -0.2) is 0 Å². The van der Waals surface area contributed by atoms with Gasteiger partial charge in [0.25, 0.3) is 5.56 Å². The van der Waals surface area contributed by atoms with Crippen LogP contribution in [0.1, 0.15) is 36.6 Å². The monoisotopic (exact) mass is 294 g/mol. The van der Waals surface area contributed by atoms with Crippen molar-refractivity contribution in [1.82, 2.24) is 9.55 Å². The van der Waals surface area contributed by atoms with E-state index in [4.69, 9.17) is 12.2 Å². The van der Waals surface area contributed by atoms with Gasteiger partial charge in [0.2, 0.25) is 0 Å². The number of hydrogen-bond acceptors (Lipinski definition) is 3. The van der Waals surface area contributed by atoms with Crippen LogP contribution in [0, 0.1) is 24.0 Å². The molecule has 2 heterocycles. The largest absolute Gasteiger partial charge is 0.323 e. The Labute approximate surface area is 121 Å². The summed E-state index contributed by atoms with van der Waals surface area (Å²) >= 11 is 7.00. The first kappa shape index (κ1) is 13.1. The number of fused-ring (bicyclic) bond motifs is 1. The summed E-state index contributed by atoms with van der Waals surface area (Å²) in [4.78, 5) is 18.0. The Morgan fingerprint density at radius 1 is 1.42 bits per heavy atom. The first-order valence-electron chi connectivity index (χ1n) is 6.70. The van der Waals surface area contributed by atoms with Crippen LogP contribution in [0.5, 0.6) is 0 Å². The molecule has 2 aromatic rings. The molecule has 0 spiro atoms. The van der Waals surface area contributed by atoms with Crippen LogP contribution < -0.4 is 5.56 Å². The normalized spacial score (nSPS) is 17.0. The molecule has 2 aromatic heterocycles. The Morgan fingerprint density at radius 3 is 2.68 bits per heavy atom. The van der Waals surface area contributed by atoms with E-state index in [0.717, 1.165) is 28.7 Å². The quantitative estimate of drug-likeness (QED) is 0.871. The molecule has 1 aliphatic carbocycles. The summed E-state index contributed by atoms with van der Waals surface area (Å²) < 4.78 is 2.34. The maximum absolute atomic E-state index is 12.7. The minimum Gasteiger partial charge on any atom is -0.323 e. The third-order valence-corrected chi connectivity index (χ3v) is 5.96. The average molecular weight is 294 g/mol. The van der Waals surface area contributed by atoms with Crippen LogP contribution >= 0.6 is 23.6 Å². The molecule has 5 heteroatoms. The van der Waals surface area contributed by atoms with Crippen molar-refractivity contribution >= 4 is 33.8 Å². The Morgan fingerprint density at radius 2 is 2.11 bits per heavy atom. The van der Waals surface area contributed by atoms with E-state index in [1.807, 2.05) is 6.92 Å². The zero-order valence-electron chi connectivity index (χ0n) is 11.5. The second-order valence-electron chi connectivity index (χ2n) is 5.66. The number of nitrogens with zero attached hydrogens (tertiary/aromatic N) is 1. The van der Waals surface area contributed by atoms with Gasteiger partial charge in [0.15, 0.2) is 4.77 Å². The molecule has 0 atom stereocenters. The summed E-state index contributed by atoms with van der Waals surface area (Å²) in [5.74, 6) is 0. The second kappa shape index (κ2) is 4.28. The first-order valence-corrected chi connectivity index (χ1v) is 7.93. The summed E-state index contributed by atoms with van der Waals surface area (Å²) in [7, 11) is 0. The van der Waals surface area contributed by atoms with E-state index in [1.165, 1.54) is 17.7 Å². The lowest BCUT2D eigenvalue weighted by Gasteiger charge is -2.14. The van der Waals surface area contributed by atoms with E-state index in [9.17, 15) is 4.79 Å². The fraction of sp³-hybridized carbons (Fsp3) is 0.571.